The molecule has 3 nitrogen and oxygen atoms in total. The summed E-state index contributed by atoms with van der Waals surface area (Å²) >= 11 is 0. The van der Waals surface area contributed by atoms with Gasteiger partial charge in [-0.1, -0.05) is 26.8 Å². The van der Waals surface area contributed by atoms with E-state index in [4.69, 9.17) is 5.73 Å². The van der Waals surface area contributed by atoms with Crippen molar-refractivity contribution < 1.29 is 0 Å². The molecule has 0 heterocycles. The summed E-state index contributed by atoms with van der Waals surface area (Å²) in [5.41, 5.74) is 8.35. The second-order valence-corrected chi connectivity index (χ2v) is 4.05. The van der Waals surface area contributed by atoms with Gasteiger partial charge in [0.1, 0.15) is 5.70 Å². The number of rotatable bonds is 6. The summed E-state index contributed by atoms with van der Waals surface area (Å²) in [5.74, 6) is 0.456. The average Bonchev–Trinajstić information content (AvgIpc) is 2.29. The Morgan fingerprint density at radius 1 is 1.29 bits per heavy atom. The minimum absolute atomic E-state index is 0.456. The Morgan fingerprint density at radius 2 is 1.94 bits per heavy atom. The van der Waals surface area contributed by atoms with E-state index in [1.165, 1.54) is 0 Å². The Morgan fingerprint density at radius 3 is 2.41 bits per heavy atom. The zero-order valence-corrected chi connectivity index (χ0v) is 11.7. The summed E-state index contributed by atoms with van der Waals surface area (Å²) < 4.78 is 0. The quantitative estimate of drug-likeness (QED) is 0.554. The Bertz CT molecular complexity index is 335. The van der Waals surface area contributed by atoms with Gasteiger partial charge in [-0.15, -0.1) is 0 Å². The molecule has 3 heteroatoms. The minimum atomic E-state index is 0.456. The zero-order valence-electron chi connectivity index (χ0n) is 11.7. The highest BCUT2D eigenvalue weighted by atomic mass is 14.9. The van der Waals surface area contributed by atoms with Crippen molar-refractivity contribution >= 4 is 12.4 Å². The van der Waals surface area contributed by atoms with E-state index in [9.17, 15) is 0 Å². The lowest BCUT2D eigenvalue weighted by atomic mass is 10.1. The molecule has 0 amide bonds. The van der Waals surface area contributed by atoms with E-state index < -0.39 is 0 Å². The van der Waals surface area contributed by atoms with Gasteiger partial charge in [0.2, 0.25) is 0 Å². The van der Waals surface area contributed by atoms with Crippen LogP contribution in [0.4, 0.5) is 0 Å². The zero-order chi connectivity index (χ0) is 13.3. The smallest absolute Gasteiger partial charge is 0.106 e. The van der Waals surface area contributed by atoms with Gasteiger partial charge in [-0.3, -0.25) is 9.98 Å². The van der Waals surface area contributed by atoms with Crippen molar-refractivity contribution in [2.75, 3.05) is 0 Å². The number of hydrogen-bond donors (Lipinski definition) is 1. The summed E-state index contributed by atoms with van der Waals surface area (Å²) in [7, 11) is 0. The van der Waals surface area contributed by atoms with Crippen molar-refractivity contribution in [2.24, 2.45) is 21.6 Å². The van der Waals surface area contributed by atoms with Gasteiger partial charge in [0, 0.05) is 12.4 Å². The lowest BCUT2D eigenvalue weighted by Gasteiger charge is -2.06. The number of nitrogens with zero attached hydrogens (tertiary/aromatic N) is 2. The summed E-state index contributed by atoms with van der Waals surface area (Å²) in [5, 5.41) is 0. The lowest BCUT2D eigenvalue weighted by molar-refractivity contribution is 0.753. The van der Waals surface area contributed by atoms with Gasteiger partial charge in [-0.05, 0) is 32.6 Å². The van der Waals surface area contributed by atoms with Gasteiger partial charge >= 0.3 is 0 Å². The highest BCUT2D eigenvalue weighted by molar-refractivity contribution is 5.63. The van der Waals surface area contributed by atoms with Crippen molar-refractivity contribution in [1.29, 1.82) is 0 Å². The van der Waals surface area contributed by atoms with Crippen LogP contribution in [-0.2, 0) is 0 Å². The lowest BCUT2D eigenvalue weighted by Crippen LogP contribution is -2.03. The molecule has 0 aliphatic rings. The van der Waals surface area contributed by atoms with Gasteiger partial charge < -0.3 is 5.73 Å². The van der Waals surface area contributed by atoms with Crippen LogP contribution in [0, 0.1) is 5.92 Å². The van der Waals surface area contributed by atoms with Crippen LogP contribution in [0.25, 0.3) is 0 Å². The van der Waals surface area contributed by atoms with Crippen molar-refractivity contribution in [1.82, 2.24) is 0 Å². The molecule has 1 unspecified atom stereocenters. The second-order valence-electron chi connectivity index (χ2n) is 4.05. The third-order valence-corrected chi connectivity index (χ3v) is 2.46. The van der Waals surface area contributed by atoms with Crippen LogP contribution in [0.15, 0.2) is 33.2 Å². The van der Waals surface area contributed by atoms with Crippen LogP contribution in [0.1, 0.15) is 47.5 Å². The van der Waals surface area contributed by atoms with Crippen molar-refractivity contribution in [3.05, 3.63) is 23.2 Å². The maximum absolute atomic E-state index is 6.00. The second kappa shape index (κ2) is 8.74. The third kappa shape index (κ3) is 6.05. The maximum atomic E-state index is 6.00. The molecular weight excluding hydrogens is 210 g/mol. The Kier molecular flexibility index (Phi) is 8.03. The van der Waals surface area contributed by atoms with Crippen molar-refractivity contribution in [3.63, 3.8) is 0 Å². The van der Waals surface area contributed by atoms with E-state index >= 15 is 0 Å². The summed E-state index contributed by atoms with van der Waals surface area (Å²) in [6, 6.07) is 0. The molecule has 0 spiro atoms. The average molecular weight is 235 g/mol. The standard InChI is InChI=1S/C14H25N3/c1-6-9-13(15)14(12(5)16-8-3)17-10-11(4)7-2/h8-11H,6-7,15H2,1-5H3/b13-9-,14-12+,16-8?,17-10?. The van der Waals surface area contributed by atoms with E-state index in [2.05, 4.69) is 30.8 Å². The van der Waals surface area contributed by atoms with Crippen LogP contribution in [0.2, 0.25) is 0 Å². The molecule has 0 rings (SSSR count). The number of hydrogen-bond acceptors (Lipinski definition) is 3. The Hall–Kier alpha value is -1.38. The molecule has 0 aromatic carbocycles. The predicted molar refractivity (Wildman–Crippen MR) is 77.4 cm³/mol. The van der Waals surface area contributed by atoms with E-state index in [1.54, 1.807) is 6.21 Å². The first-order chi connectivity index (χ1) is 8.06. The fourth-order valence-corrected chi connectivity index (χ4v) is 1.26. The largest absolute Gasteiger partial charge is 0.397 e. The van der Waals surface area contributed by atoms with E-state index in [0.29, 0.717) is 11.6 Å². The molecule has 0 aliphatic heterocycles. The molecule has 1 atom stereocenters. The predicted octanol–water partition coefficient (Wildman–Crippen LogP) is 3.68. The normalized spacial score (nSPS) is 16.6. The van der Waals surface area contributed by atoms with Crippen LogP contribution < -0.4 is 5.73 Å². The van der Waals surface area contributed by atoms with Crippen molar-refractivity contribution in [3.8, 4) is 0 Å². The molecule has 0 radical (unpaired) electrons. The molecule has 0 aromatic rings. The van der Waals surface area contributed by atoms with Gasteiger partial charge in [-0.2, -0.15) is 0 Å². The van der Waals surface area contributed by atoms with Gasteiger partial charge in [0.15, 0.2) is 0 Å². The molecular formula is C14H25N3. The number of allylic oxidation sites excluding steroid dienone is 2. The van der Waals surface area contributed by atoms with Crippen LogP contribution in [0.5, 0.6) is 0 Å². The fraction of sp³-hybridized carbons (Fsp3) is 0.571. The third-order valence-electron chi connectivity index (χ3n) is 2.46. The first-order valence-electron chi connectivity index (χ1n) is 6.26. The number of nitrogens with two attached hydrogens (primary N) is 1. The molecule has 0 bridgehead atoms. The number of aliphatic imine (C=N–C) groups is 2. The van der Waals surface area contributed by atoms with E-state index in [-0.39, 0.29) is 0 Å². The Balaban J connectivity index is 5.20. The maximum Gasteiger partial charge on any atom is 0.106 e. The molecule has 0 fully saturated rings. The van der Waals surface area contributed by atoms with E-state index in [1.807, 2.05) is 26.1 Å². The highest BCUT2D eigenvalue weighted by Gasteiger charge is 2.03. The molecule has 17 heavy (non-hydrogen) atoms. The van der Waals surface area contributed by atoms with Crippen LogP contribution >= 0.6 is 0 Å². The van der Waals surface area contributed by atoms with Crippen molar-refractivity contribution in [2.45, 2.75) is 47.5 Å². The summed E-state index contributed by atoms with van der Waals surface area (Å²) in [6.45, 7) is 10.2. The summed E-state index contributed by atoms with van der Waals surface area (Å²) in [4.78, 5) is 8.73. The Labute approximate surface area is 105 Å². The SMILES string of the molecule is CC=N/C(C)=C(N=CC(C)CC)\C(N)=C\CC. The fourth-order valence-electron chi connectivity index (χ4n) is 1.26. The molecule has 0 saturated heterocycles. The topological polar surface area (TPSA) is 50.7 Å². The molecule has 2 N–H and O–H groups in total. The first-order valence-corrected chi connectivity index (χ1v) is 6.26. The molecule has 0 aromatic heterocycles. The van der Waals surface area contributed by atoms with Crippen LogP contribution in [0.3, 0.4) is 0 Å². The molecule has 0 saturated carbocycles. The van der Waals surface area contributed by atoms with Gasteiger partial charge in [0.05, 0.1) is 11.4 Å². The molecule has 0 aliphatic carbocycles. The van der Waals surface area contributed by atoms with E-state index in [0.717, 1.165) is 24.2 Å². The van der Waals surface area contributed by atoms with Gasteiger partial charge in [-0.25, -0.2) is 0 Å². The van der Waals surface area contributed by atoms with Crippen LogP contribution in [-0.4, -0.2) is 12.4 Å². The monoisotopic (exact) mass is 235 g/mol. The first kappa shape index (κ1) is 15.6. The summed E-state index contributed by atoms with van der Waals surface area (Å²) in [6.07, 6.45) is 7.65. The highest BCUT2D eigenvalue weighted by Crippen LogP contribution is 2.14. The molecule has 96 valence electrons. The minimum Gasteiger partial charge on any atom is -0.397 e. The van der Waals surface area contributed by atoms with Gasteiger partial charge in [0.25, 0.3) is 0 Å².